The molecule has 0 heterocycles. The number of amides is 2. The Balaban J connectivity index is 2.69. The largest absolute Gasteiger partial charge is 0.480 e. The van der Waals surface area contributed by atoms with Gasteiger partial charge in [-0.15, -0.1) is 0 Å². The first-order chi connectivity index (χ1) is 9.84. The number of carboxylic acid groups (broad SMARTS) is 1. The number of halogens is 2. The van der Waals surface area contributed by atoms with Crippen LogP contribution in [-0.2, 0) is 11.3 Å². The van der Waals surface area contributed by atoms with Gasteiger partial charge in [-0.3, -0.25) is 0 Å². The van der Waals surface area contributed by atoms with Crippen molar-refractivity contribution in [3.8, 4) is 0 Å². The van der Waals surface area contributed by atoms with E-state index in [4.69, 9.17) is 0 Å². The highest BCUT2D eigenvalue weighted by atomic mass is 19.1. The van der Waals surface area contributed by atoms with Gasteiger partial charge in [-0.25, -0.2) is 18.4 Å². The fourth-order valence-electron chi connectivity index (χ4n) is 1.90. The SMILES string of the molecule is CCC(CC)(NC(=O)NCc1cc(F)ccc1F)C(=O)O. The third-order valence-electron chi connectivity index (χ3n) is 3.42. The van der Waals surface area contributed by atoms with Gasteiger partial charge in [0.1, 0.15) is 17.2 Å². The summed E-state index contributed by atoms with van der Waals surface area (Å²) in [7, 11) is 0. The second-order valence-corrected chi connectivity index (χ2v) is 4.64. The average Bonchev–Trinajstić information content (AvgIpc) is 2.45. The van der Waals surface area contributed by atoms with Crippen molar-refractivity contribution in [1.82, 2.24) is 10.6 Å². The van der Waals surface area contributed by atoms with E-state index in [0.29, 0.717) is 0 Å². The molecule has 1 rings (SSSR count). The zero-order valence-corrected chi connectivity index (χ0v) is 11.9. The van der Waals surface area contributed by atoms with Crippen LogP contribution in [0.5, 0.6) is 0 Å². The molecule has 5 nitrogen and oxygen atoms in total. The number of carbonyl (C=O) groups is 2. The number of nitrogens with one attached hydrogen (secondary N) is 2. The molecule has 2 amide bonds. The van der Waals surface area contributed by atoms with E-state index in [1.54, 1.807) is 13.8 Å². The monoisotopic (exact) mass is 300 g/mol. The van der Waals surface area contributed by atoms with Crippen molar-refractivity contribution >= 4 is 12.0 Å². The van der Waals surface area contributed by atoms with Gasteiger partial charge in [0.2, 0.25) is 0 Å². The minimum absolute atomic E-state index is 0.0147. The zero-order chi connectivity index (χ0) is 16.0. The van der Waals surface area contributed by atoms with Crippen LogP contribution in [0.2, 0.25) is 0 Å². The fourth-order valence-corrected chi connectivity index (χ4v) is 1.90. The van der Waals surface area contributed by atoms with E-state index in [9.17, 15) is 23.5 Å². The molecule has 116 valence electrons. The van der Waals surface area contributed by atoms with Crippen molar-refractivity contribution in [2.75, 3.05) is 0 Å². The fraction of sp³-hybridized carbons (Fsp3) is 0.429. The summed E-state index contributed by atoms with van der Waals surface area (Å²) in [5.74, 6) is -2.40. The van der Waals surface area contributed by atoms with Gasteiger partial charge in [0.25, 0.3) is 0 Å². The number of carbonyl (C=O) groups excluding carboxylic acids is 1. The summed E-state index contributed by atoms with van der Waals surface area (Å²) in [6.45, 7) is 3.05. The summed E-state index contributed by atoms with van der Waals surface area (Å²) < 4.78 is 26.4. The first kappa shape index (κ1) is 16.9. The molecule has 0 bridgehead atoms. The Morgan fingerprint density at radius 3 is 2.38 bits per heavy atom. The summed E-state index contributed by atoms with van der Waals surface area (Å²) in [6.07, 6.45) is 0.418. The Morgan fingerprint density at radius 1 is 1.24 bits per heavy atom. The van der Waals surface area contributed by atoms with Crippen LogP contribution in [0.25, 0.3) is 0 Å². The normalized spacial score (nSPS) is 11.0. The maximum atomic E-state index is 13.4. The van der Waals surface area contributed by atoms with Crippen LogP contribution in [0.4, 0.5) is 13.6 Å². The standard InChI is InChI=1S/C14H18F2N2O3/c1-3-14(4-2,12(19)20)18-13(21)17-8-9-7-10(15)5-6-11(9)16/h5-7H,3-4,8H2,1-2H3,(H,19,20)(H2,17,18,21). The molecule has 0 unspecified atom stereocenters. The first-order valence-electron chi connectivity index (χ1n) is 6.58. The molecule has 0 aliphatic rings. The van der Waals surface area contributed by atoms with Crippen molar-refractivity contribution in [2.24, 2.45) is 0 Å². The van der Waals surface area contributed by atoms with Crippen LogP contribution in [0, 0.1) is 11.6 Å². The highest BCUT2D eigenvalue weighted by Crippen LogP contribution is 2.15. The van der Waals surface area contributed by atoms with Crippen LogP contribution in [0.1, 0.15) is 32.3 Å². The summed E-state index contributed by atoms with van der Waals surface area (Å²) in [5.41, 5.74) is -1.39. The molecule has 0 saturated carbocycles. The maximum absolute atomic E-state index is 13.4. The molecule has 0 spiro atoms. The van der Waals surface area contributed by atoms with Gasteiger partial charge < -0.3 is 15.7 Å². The Kier molecular flexibility index (Phi) is 5.63. The van der Waals surface area contributed by atoms with Crippen molar-refractivity contribution < 1.29 is 23.5 Å². The van der Waals surface area contributed by atoms with Crippen LogP contribution >= 0.6 is 0 Å². The van der Waals surface area contributed by atoms with E-state index in [0.717, 1.165) is 18.2 Å². The van der Waals surface area contributed by atoms with Crippen LogP contribution < -0.4 is 10.6 Å². The predicted molar refractivity (Wildman–Crippen MR) is 72.7 cm³/mol. The van der Waals surface area contributed by atoms with Gasteiger partial charge in [0.15, 0.2) is 0 Å². The third-order valence-corrected chi connectivity index (χ3v) is 3.42. The van der Waals surface area contributed by atoms with E-state index in [1.807, 2.05) is 0 Å². The van der Waals surface area contributed by atoms with Gasteiger partial charge in [-0.1, -0.05) is 13.8 Å². The molecule has 0 saturated heterocycles. The number of rotatable bonds is 6. The van der Waals surface area contributed by atoms with Crippen molar-refractivity contribution in [1.29, 1.82) is 0 Å². The summed E-state index contributed by atoms with van der Waals surface area (Å²) in [6, 6.07) is 2.16. The molecule has 0 atom stereocenters. The van der Waals surface area contributed by atoms with E-state index in [-0.39, 0.29) is 24.9 Å². The molecule has 0 aliphatic carbocycles. The second kappa shape index (κ2) is 7.01. The average molecular weight is 300 g/mol. The smallest absolute Gasteiger partial charge is 0.329 e. The number of urea groups is 1. The Morgan fingerprint density at radius 2 is 1.86 bits per heavy atom. The van der Waals surface area contributed by atoms with Crippen molar-refractivity contribution in [3.05, 3.63) is 35.4 Å². The number of hydrogen-bond acceptors (Lipinski definition) is 2. The lowest BCUT2D eigenvalue weighted by molar-refractivity contribution is -0.144. The Hall–Kier alpha value is -2.18. The molecule has 0 radical (unpaired) electrons. The zero-order valence-electron chi connectivity index (χ0n) is 11.9. The van der Waals surface area contributed by atoms with Crippen molar-refractivity contribution in [3.63, 3.8) is 0 Å². The molecule has 1 aromatic rings. The van der Waals surface area contributed by atoms with E-state index < -0.39 is 29.2 Å². The highest BCUT2D eigenvalue weighted by molar-refractivity contribution is 5.86. The first-order valence-corrected chi connectivity index (χ1v) is 6.58. The molecule has 3 N–H and O–H groups in total. The lowest BCUT2D eigenvalue weighted by Gasteiger charge is -2.28. The van der Waals surface area contributed by atoms with Gasteiger partial charge >= 0.3 is 12.0 Å². The lowest BCUT2D eigenvalue weighted by atomic mass is 9.93. The van der Waals surface area contributed by atoms with E-state index >= 15 is 0 Å². The van der Waals surface area contributed by atoms with E-state index in [2.05, 4.69) is 10.6 Å². The predicted octanol–water partition coefficient (Wildman–Crippen LogP) is 2.41. The van der Waals surface area contributed by atoms with E-state index in [1.165, 1.54) is 0 Å². The third kappa shape index (κ3) is 4.14. The number of carboxylic acids is 1. The lowest BCUT2D eigenvalue weighted by Crippen LogP contribution is -2.56. The highest BCUT2D eigenvalue weighted by Gasteiger charge is 2.36. The summed E-state index contributed by atoms with van der Waals surface area (Å²) in [5, 5.41) is 13.9. The second-order valence-electron chi connectivity index (χ2n) is 4.64. The maximum Gasteiger partial charge on any atom is 0.329 e. The number of hydrogen-bond donors (Lipinski definition) is 3. The van der Waals surface area contributed by atoms with Crippen LogP contribution in [0.3, 0.4) is 0 Å². The van der Waals surface area contributed by atoms with Gasteiger partial charge in [0, 0.05) is 12.1 Å². The van der Waals surface area contributed by atoms with Gasteiger partial charge in [-0.05, 0) is 31.0 Å². The van der Waals surface area contributed by atoms with Crippen LogP contribution in [-0.4, -0.2) is 22.6 Å². The van der Waals surface area contributed by atoms with Crippen LogP contribution in [0.15, 0.2) is 18.2 Å². The molecule has 1 aromatic carbocycles. The molecule has 21 heavy (non-hydrogen) atoms. The van der Waals surface area contributed by atoms with Gasteiger partial charge in [0.05, 0.1) is 0 Å². The number of aliphatic carboxylic acids is 1. The molecular formula is C14H18F2N2O3. The summed E-state index contributed by atoms with van der Waals surface area (Å²) >= 11 is 0. The molecular weight excluding hydrogens is 282 g/mol. The summed E-state index contributed by atoms with van der Waals surface area (Å²) in [4.78, 5) is 23.0. The van der Waals surface area contributed by atoms with Gasteiger partial charge in [-0.2, -0.15) is 0 Å². The molecule has 7 heteroatoms. The number of benzene rings is 1. The minimum atomic E-state index is -1.37. The van der Waals surface area contributed by atoms with Crippen molar-refractivity contribution in [2.45, 2.75) is 38.8 Å². The molecule has 0 aromatic heterocycles. The Labute approximate surface area is 121 Å². The topological polar surface area (TPSA) is 78.4 Å². The molecule has 0 aliphatic heterocycles. The quantitative estimate of drug-likeness (QED) is 0.755. The Bertz CT molecular complexity index is 531. The minimum Gasteiger partial charge on any atom is -0.480 e. The molecule has 0 fully saturated rings.